The Bertz CT molecular complexity index is 1310. The molecule has 0 amide bonds. The Hall–Kier alpha value is -3.85. The first-order valence-electron chi connectivity index (χ1n) is 13.7. The number of benzene rings is 4. The van der Waals surface area contributed by atoms with Crippen molar-refractivity contribution in [1.82, 2.24) is 0 Å². The summed E-state index contributed by atoms with van der Waals surface area (Å²) in [6.45, 7) is 0.809. The highest BCUT2D eigenvalue weighted by Crippen LogP contribution is 2.37. The van der Waals surface area contributed by atoms with E-state index in [0.29, 0.717) is 0 Å². The number of hydrazone groups is 1. The molecule has 4 aromatic carbocycles. The minimum Gasteiger partial charge on any atom is -0.381 e. The van der Waals surface area contributed by atoms with Gasteiger partial charge in [0.1, 0.15) is 0 Å². The van der Waals surface area contributed by atoms with Crippen molar-refractivity contribution < 1.29 is 0 Å². The van der Waals surface area contributed by atoms with Crippen molar-refractivity contribution in [1.29, 1.82) is 0 Å². The van der Waals surface area contributed by atoms with E-state index in [2.05, 4.69) is 120 Å². The summed E-state index contributed by atoms with van der Waals surface area (Å²) in [4.78, 5) is 0. The van der Waals surface area contributed by atoms with Gasteiger partial charge in [-0.3, -0.25) is 5.01 Å². The van der Waals surface area contributed by atoms with E-state index in [9.17, 15) is 0 Å². The lowest BCUT2D eigenvalue weighted by Crippen LogP contribution is -2.18. The van der Waals surface area contributed by atoms with E-state index < -0.39 is 0 Å². The zero-order valence-electron chi connectivity index (χ0n) is 21.4. The first kappa shape index (κ1) is 23.5. The van der Waals surface area contributed by atoms with Gasteiger partial charge in [0.2, 0.25) is 0 Å². The molecule has 4 aromatic rings. The second-order valence-electron chi connectivity index (χ2n) is 10.4. The highest BCUT2D eigenvalue weighted by atomic mass is 15.5. The van der Waals surface area contributed by atoms with Gasteiger partial charge in [0.05, 0.1) is 17.4 Å². The van der Waals surface area contributed by atoms with E-state index in [-0.39, 0.29) is 6.04 Å². The maximum Gasteiger partial charge on any atom is 0.0831 e. The summed E-state index contributed by atoms with van der Waals surface area (Å²) in [5, 5.41) is 10.9. The van der Waals surface area contributed by atoms with Crippen LogP contribution in [0.25, 0.3) is 0 Å². The van der Waals surface area contributed by atoms with Gasteiger partial charge in [-0.15, -0.1) is 0 Å². The lowest BCUT2D eigenvalue weighted by atomic mass is 9.84. The predicted molar refractivity (Wildman–Crippen MR) is 155 cm³/mol. The molecule has 2 aliphatic rings. The summed E-state index contributed by atoms with van der Waals surface area (Å²) in [6, 6.07) is 39.4. The van der Waals surface area contributed by atoms with E-state index in [1.807, 2.05) is 0 Å². The molecule has 1 aliphatic carbocycles. The van der Waals surface area contributed by atoms with Crippen LogP contribution in [-0.2, 0) is 6.54 Å². The topological polar surface area (TPSA) is 27.6 Å². The SMILES string of the molecule is c1ccc(C2=NN(c3ccc(CNc4ccc(C5CCCCC5)cc4)cc3)[C@@H](c3ccccc3)C2)cc1. The summed E-state index contributed by atoms with van der Waals surface area (Å²) in [7, 11) is 0. The van der Waals surface area contributed by atoms with Crippen LogP contribution in [0.5, 0.6) is 0 Å². The molecule has 0 saturated heterocycles. The normalized spacial score (nSPS) is 18.0. The van der Waals surface area contributed by atoms with E-state index >= 15 is 0 Å². The van der Waals surface area contributed by atoms with Crippen LogP contribution in [0.3, 0.4) is 0 Å². The molecule has 186 valence electrons. The molecule has 1 saturated carbocycles. The summed E-state index contributed by atoms with van der Waals surface area (Å²) < 4.78 is 0. The van der Waals surface area contributed by atoms with Gasteiger partial charge >= 0.3 is 0 Å². The van der Waals surface area contributed by atoms with Crippen LogP contribution in [-0.4, -0.2) is 5.71 Å². The maximum atomic E-state index is 5.09. The van der Waals surface area contributed by atoms with E-state index in [1.54, 1.807) is 0 Å². The Labute approximate surface area is 220 Å². The van der Waals surface area contributed by atoms with Crippen molar-refractivity contribution in [3.05, 3.63) is 131 Å². The van der Waals surface area contributed by atoms with Gasteiger partial charge in [-0.25, -0.2) is 0 Å². The van der Waals surface area contributed by atoms with E-state index in [4.69, 9.17) is 5.10 Å². The van der Waals surface area contributed by atoms with Crippen molar-refractivity contribution in [2.24, 2.45) is 5.10 Å². The third-order valence-corrected chi connectivity index (χ3v) is 7.89. The van der Waals surface area contributed by atoms with Crippen LogP contribution in [0.15, 0.2) is 114 Å². The molecule has 37 heavy (non-hydrogen) atoms. The molecule has 0 spiro atoms. The first-order chi connectivity index (χ1) is 18.3. The van der Waals surface area contributed by atoms with Gasteiger partial charge in [0, 0.05) is 18.7 Å². The Morgan fingerprint density at radius 3 is 2.05 bits per heavy atom. The standard InChI is InChI=1S/C34H35N3/c1-4-10-27(11-5-1)28-18-20-31(21-19-28)35-25-26-16-22-32(23-17-26)37-34(30-14-8-3-9-15-30)24-33(36-37)29-12-6-2-7-13-29/h2-3,6-9,12-23,27,34-35H,1,4-5,10-11,24-25H2/t34-/m1/s1. The molecule has 3 nitrogen and oxygen atoms in total. The monoisotopic (exact) mass is 485 g/mol. The Morgan fingerprint density at radius 1 is 0.676 bits per heavy atom. The number of hydrogen-bond donors (Lipinski definition) is 1. The molecular weight excluding hydrogens is 450 g/mol. The van der Waals surface area contributed by atoms with Crippen molar-refractivity contribution in [3.63, 3.8) is 0 Å². The number of nitrogens with one attached hydrogen (secondary N) is 1. The summed E-state index contributed by atoms with van der Waals surface area (Å²) >= 11 is 0. The van der Waals surface area contributed by atoms with Gasteiger partial charge in [-0.2, -0.15) is 5.10 Å². The molecule has 0 radical (unpaired) electrons. The van der Waals surface area contributed by atoms with Crippen LogP contribution >= 0.6 is 0 Å². The van der Waals surface area contributed by atoms with Gasteiger partial charge < -0.3 is 5.32 Å². The van der Waals surface area contributed by atoms with Crippen molar-refractivity contribution in [2.75, 3.05) is 10.3 Å². The smallest absolute Gasteiger partial charge is 0.0831 e. The molecule has 6 rings (SSSR count). The van der Waals surface area contributed by atoms with Gasteiger partial charge in [-0.05, 0) is 65.3 Å². The number of anilines is 2. The lowest BCUT2D eigenvalue weighted by Gasteiger charge is -2.24. The molecule has 1 N–H and O–H groups in total. The molecule has 3 heteroatoms. The van der Waals surface area contributed by atoms with Gasteiger partial charge in [0.15, 0.2) is 0 Å². The van der Waals surface area contributed by atoms with Gasteiger partial charge in [0.25, 0.3) is 0 Å². The third-order valence-electron chi connectivity index (χ3n) is 7.89. The third kappa shape index (κ3) is 5.46. The van der Waals surface area contributed by atoms with E-state index in [1.165, 1.54) is 60.0 Å². The largest absolute Gasteiger partial charge is 0.381 e. The molecule has 1 aliphatic heterocycles. The molecular formula is C34H35N3. The molecule has 0 unspecified atom stereocenters. The van der Waals surface area contributed by atoms with Crippen LogP contribution in [0.2, 0.25) is 0 Å². The van der Waals surface area contributed by atoms with Crippen molar-refractivity contribution in [2.45, 2.75) is 57.0 Å². The molecule has 0 bridgehead atoms. The average molecular weight is 486 g/mol. The Balaban J connectivity index is 1.15. The predicted octanol–water partition coefficient (Wildman–Crippen LogP) is 8.70. The Kier molecular flexibility index (Phi) is 7.03. The van der Waals surface area contributed by atoms with Crippen LogP contribution < -0.4 is 10.3 Å². The minimum atomic E-state index is 0.197. The van der Waals surface area contributed by atoms with Crippen molar-refractivity contribution in [3.8, 4) is 0 Å². The molecule has 1 fully saturated rings. The summed E-state index contributed by atoms with van der Waals surface area (Å²) in [5.74, 6) is 0.755. The van der Waals surface area contributed by atoms with Crippen LogP contribution in [0.1, 0.15) is 72.7 Å². The van der Waals surface area contributed by atoms with E-state index in [0.717, 1.165) is 30.3 Å². The summed E-state index contributed by atoms with van der Waals surface area (Å²) in [6.07, 6.45) is 7.75. The van der Waals surface area contributed by atoms with Gasteiger partial charge in [-0.1, -0.05) is 104 Å². The number of nitrogens with zero attached hydrogens (tertiary/aromatic N) is 2. The first-order valence-corrected chi connectivity index (χ1v) is 13.7. The van der Waals surface area contributed by atoms with Crippen LogP contribution in [0, 0.1) is 0 Å². The van der Waals surface area contributed by atoms with Crippen molar-refractivity contribution >= 4 is 17.1 Å². The molecule has 0 aromatic heterocycles. The number of hydrogen-bond acceptors (Lipinski definition) is 3. The fourth-order valence-corrected chi connectivity index (χ4v) is 5.77. The zero-order chi connectivity index (χ0) is 24.9. The fourth-order valence-electron chi connectivity index (χ4n) is 5.77. The summed E-state index contributed by atoms with van der Waals surface area (Å²) in [5.41, 5.74) is 8.70. The highest BCUT2D eigenvalue weighted by molar-refractivity contribution is 6.03. The average Bonchev–Trinajstić information content (AvgIpc) is 3.44. The minimum absolute atomic E-state index is 0.197. The molecule has 1 heterocycles. The second-order valence-corrected chi connectivity index (χ2v) is 10.4. The Morgan fingerprint density at radius 2 is 1.35 bits per heavy atom. The van der Waals surface area contributed by atoms with Crippen LogP contribution in [0.4, 0.5) is 11.4 Å². The maximum absolute atomic E-state index is 5.09. The lowest BCUT2D eigenvalue weighted by molar-refractivity contribution is 0.443. The zero-order valence-corrected chi connectivity index (χ0v) is 21.4. The second kappa shape index (κ2) is 11.0. The number of rotatable bonds is 7. The highest BCUT2D eigenvalue weighted by Gasteiger charge is 2.29. The quantitative estimate of drug-likeness (QED) is 0.283. The fraction of sp³-hybridized carbons (Fsp3) is 0.265. The molecule has 1 atom stereocenters.